The molecule has 2 aromatic rings. The Morgan fingerprint density at radius 3 is 2.73 bits per heavy atom. The Morgan fingerprint density at radius 2 is 1.95 bits per heavy atom. The maximum absolute atomic E-state index is 12.6. The smallest absolute Gasteiger partial charge is 0.259 e. The molecule has 0 unspecified atom stereocenters. The van der Waals surface area contributed by atoms with Crippen LogP contribution in [0.25, 0.3) is 0 Å². The minimum atomic E-state index is -0.145. The molecule has 0 aliphatic carbocycles. The summed E-state index contributed by atoms with van der Waals surface area (Å²) in [5.41, 5.74) is 1.34. The van der Waals surface area contributed by atoms with Gasteiger partial charge in [0, 0.05) is 28.2 Å². The van der Waals surface area contributed by atoms with Crippen molar-refractivity contribution < 1.29 is 4.79 Å². The minimum Gasteiger partial charge on any atom is -0.356 e. The van der Waals surface area contributed by atoms with Crippen LogP contribution in [0.3, 0.4) is 0 Å². The summed E-state index contributed by atoms with van der Waals surface area (Å²) in [6, 6.07) is 9.30. The van der Waals surface area contributed by atoms with Crippen LogP contribution < -0.4 is 10.2 Å². The lowest BCUT2D eigenvalue weighted by Crippen LogP contribution is -2.24. The van der Waals surface area contributed by atoms with Crippen LogP contribution in [0.4, 0.5) is 11.5 Å². The first-order valence-corrected chi connectivity index (χ1v) is 8.70. The fourth-order valence-corrected chi connectivity index (χ4v) is 3.24. The second-order valence-corrected chi connectivity index (χ2v) is 6.92. The van der Waals surface area contributed by atoms with Crippen LogP contribution in [0.5, 0.6) is 0 Å². The van der Waals surface area contributed by atoms with Crippen LogP contribution in [0.1, 0.15) is 23.2 Å². The topological polar surface area (TPSA) is 45.2 Å². The number of carbonyl (C=O) groups is 1. The van der Waals surface area contributed by atoms with Gasteiger partial charge in [0.25, 0.3) is 5.91 Å². The first-order valence-electron chi connectivity index (χ1n) is 7.11. The molecule has 0 saturated carbocycles. The molecule has 1 saturated heterocycles. The van der Waals surface area contributed by atoms with Gasteiger partial charge in [-0.3, -0.25) is 4.79 Å². The van der Waals surface area contributed by atoms with Crippen molar-refractivity contribution >= 4 is 49.3 Å². The van der Waals surface area contributed by atoms with Gasteiger partial charge in [-0.1, -0.05) is 15.9 Å². The number of carbonyl (C=O) groups excluding carboxylic acids is 1. The van der Waals surface area contributed by atoms with E-state index >= 15 is 0 Å². The average Bonchev–Trinajstić information content (AvgIpc) is 3.05. The van der Waals surface area contributed by atoms with Gasteiger partial charge in [0.15, 0.2) is 0 Å². The summed E-state index contributed by atoms with van der Waals surface area (Å²) in [4.78, 5) is 19.2. The monoisotopic (exact) mass is 423 g/mol. The Kier molecular flexibility index (Phi) is 4.78. The van der Waals surface area contributed by atoms with E-state index in [-0.39, 0.29) is 5.91 Å². The number of pyridine rings is 1. The van der Waals surface area contributed by atoms with Gasteiger partial charge < -0.3 is 10.2 Å². The molecule has 22 heavy (non-hydrogen) atoms. The van der Waals surface area contributed by atoms with Crippen LogP contribution in [0.2, 0.25) is 0 Å². The highest BCUT2D eigenvalue weighted by molar-refractivity contribution is 9.11. The largest absolute Gasteiger partial charge is 0.356 e. The Hall–Kier alpha value is -1.40. The maximum Gasteiger partial charge on any atom is 0.259 e. The summed E-state index contributed by atoms with van der Waals surface area (Å²) < 4.78 is 1.76. The van der Waals surface area contributed by atoms with Crippen LogP contribution >= 0.6 is 31.9 Å². The van der Waals surface area contributed by atoms with Gasteiger partial charge in [-0.05, 0) is 59.1 Å². The van der Waals surface area contributed by atoms with Gasteiger partial charge in [-0.2, -0.15) is 0 Å². The fourth-order valence-electron chi connectivity index (χ4n) is 2.54. The van der Waals surface area contributed by atoms with E-state index < -0.39 is 0 Å². The predicted molar refractivity (Wildman–Crippen MR) is 95.5 cm³/mol. The van der Waals surface area contributed by atoms with Crippen LogP contribution in [0.15, 0.2) is 45.5 Å². The summed E-state index contributed by atoms with van der Waals surface area (Å²) in [5.74, 6) is 0.623. The number of hydrogen-bond donors (Lipinski definition) is 1. The summed E-state index contributed by atoms with van der Waals surface area (Å²) >= 11 is 6.87. The van der Waals surface area contributed by atoms with Crippen molar-refractivity contribution in [2.24, 2.45) is 0 Å². The fraction of sp³-hybridized carbons (Fsp3) is 0.250. The molecule has 4 nitrogen and oxygen atoms in total. The van der Waals surface area contributed by atoms with Gasteiger partial charge in [-0.15, -0.1) is 0 Å². The van der Waals surface area contributed by atoms with E-state index in [9.17, 15) is 4.79 Å². The Bertz CT molecular complexity index is 700. The minimum absolute atomic E-state index is 0.145. The third kappa shape index (κ3) is 3.33. The second-order valence-electron chi connectivity index (χ2n) is 5.15. The van der Waals surface area contributed by atoms with E-state index in [2.05, 4.69) is 47.1 Å². The summed E-state index contributed by atoms with van der Waals surface area (Å²) in [7, 11) is 0. The van der Waals surface area contributed by atoms with Gasteiger partial charge in [0.2, 0.25) is 0 Å². The summed E-state index contributed by atoms with van der Waals surface area (Å²) in [5, 5.41) is 2.95. The number of nitrogens with zero attached hydrogens (tertiary/aromatic N) is 2. The number of aromatic nitrogens is 1. The van der Waals surface area contributed by atoms with Crippen molar-refractivity contribution in [1.82, 2.24) is 4.98 Å². The van der Waals surface area contributed by atoms with E-state index in [1.807, 2.05) is 24.3 Å². The molecule has 1 amide bonds. The normalized spacial score (nSPS) is 14.2. The van der Waals surface area contributed by atoms with Crippen LogP contribution in [-0.4, -0.2) is 24.0 Å². The molecule has 0 spiro atoms. The van der Waals surface area contributed by atoms with E-state index in [4.69, 9.17) is 0 Å². The molecule has 0 bridgehead atoms. The van der Waals surface area contributed by atoms with Crippen LogP contribution in [-0.2, 0) is 0 Å². The number of rotatable bonds is 3. The Labute approximate surface area is 146 Å². The highest BCUT2D eigenvalue weighted by atomic mass is 79.9. The number of benzene rings is 1. The predicted octanol–water partition coefficient (Wildman–Crippen LogP) is 4.46. The molecule has 1 aliphatic heterocycles. The molecule has 0 radical (unpaired) electrons. The number of halogens is 2. The SMILES string of the molecule is O=C(Nc1cc(Br)ccc1Br)c1cccnc1N1CCCC1. The van der Waals surface area contributed by atoms with Crippen molar-refractivity contribution in [1.29, 1.82) is 0 Å². The highest BCUT2D eigenvalue weighted by Gasteiger charge is 2.21. The van der Waals surface area contributed by atoms with Crippen molar-refractivity contribution in [2.45, 2.75) is 12.8 Å². The van der Waals surface area contributed by atoms with E-state index in [1.54, 1.807) is 12.3 Å². The first kappa shape index (κ1) is 15.5. The quantitative estimate of drug-likeness (QED) is 0.790. The number of amides is 1. The lowest BCUT2D eigenvalue weighted by Gasteiger charge is -2.19. The molecule has 114 valence electrons. The molecule has 1 aliphatic rings. The third-order valence-corrected chi connectivity index (χ3v) is 4.80. The maximum atomic E-state index is 12.6. The molecular weight excluding hydrogens is 410 g/mol. The van der Waals surface area contributed by atoms with Crippen molar-refractivity contribution in [3.8, 4) is 0 Å². The van der Waals surface area contributed by atoms with E-state index in [0.717, 1.165) is 46.4 Å². The van der Waals surface area contributed by atoms with Crippen molar-refractivity contribution in [3.63, 3.8) is 0 Å². The van der Waals surface area contributed by atoms with Gasteiger partial charge >= 0.3 is 0 Å². The lowest BCUT2D eigenvalue weighted by atomic mass is 10.2. The number of hydrogen-bond acceptors (Lipinski definition) is 3. The molecule has 1 fully saturated rings. The zero-order valence-corrected chi connectivity index (χ0v) is 15.0. The van der Waals surface area contributed by atoms with Gasteiger partial charge in [0.1, 0.15) is 5.82 Å². The van der Waals surface area contributed by atoms with E-state index in [0.29, 0.717) is 5.56 Å². The Balaban J connectivity index is 1.87. The zero-order valence-electron chi connectivity index (χ0n) is 11.9. The first-order chi connectivity index (χ1) is 10.6. The molecule has 3 rings (SSSR count). The highest BCUT2D eigenvalue weighted by Crippen LogP contribution is 2.28. The van der Waals surface area contributed by atoms with Crippen molar-refractivity contribution in [2.75, 3.05) is 23.3 Å². The number of anilines is 2. The van der Waals surface area contributed by atoms with E-state index in [1.165, 1.54) is 0 Å². The molecule has 2 heterocycles. The second kappa shape index (κ2) is 6.79. The molecule has 1 aromatic carbocycles. The third-order valence-electron chi connectivity index (χ3n) is 3.61. The molecular formula is C16H15Br2N3O. The van der Waals surface area contributed by atoms with Crippen LogP contribution in [0, 0.1) is 0 Å². The molecule has 0 atom stereocenters. The Morgan fingerprint density at radius 1 is 1.18 bits per heavy atom. The summed E-state index contributed by atoms with van der Waals surface area (Å²) in [6.45, 7) is 1.91. The molecule has 1 aromatic heterocycles. The summed E-state index contributed by atoms with van der Waals surface area (Å²) in [6.07, 6.45) is 4.03. The van der Waals surface area contributed by atoms with Gasteiger partial charge in [0.05, 0.1) is 11.3 Å². The zero-order chi connectivity index (χ0) is 15.5. The van der Waals surface area contributed by atoms with Crippen molar-refractivity contribution in [3.05, 3.63) is 51.0 Å². The molecule has 6 heteroatoms. The average molecular weight is 425 g/mol. The molecule has 1 N–H and O–H groups in total. The lowest BCUT2D eigenvalue weighted by molar-refractivity contribution is 0.102. The standard InChI is InChI=1S/C16H15Br2N3O/c17-11-5-6-13(18)14(10-11)20-16(22)12-4-3-7-19-15(12)21-8-1-2-9-21/h3-7,10H,1-2,8-9H2,(H,20,22). The number of nitrogens with one attached hydrogen (secondary N) is 1. The van der Waals surface area contributed by atoms with Gasteiger partial charge in [-0.25, -0.2) is 4.98 Å².